The summed E-state index contributed by atoms with van der Waals surface area (Å²) in [5.74, 6) is 1.01. The molecule has 2 aromatic carbocycles. The lowest BCUT2D eigenvalue weighted by molar-refractivity contribution is 0.284. The fourth-order valence-corrected chi connectivity index (χ4v) is 3.03. The molecule has 0 radical (unpaired) electrons. The van der Waals surface area contributed by atoms with Gasteiger partial charge in [0.25, 0.3) is 0 Å². The van der Waals surface area contributed by atoms with Crippen LogP contribution in [0.4, 0.5) is 0 Å². The number of fused-ring (bicyclic) bond motifs is 1. The van der Waals surface area contributed by atoms with E-state index in [2.05, 4.69) is 50.2 Å². The molecule has 1 atom stereocenters. The largest absolute Gasteiger partial charge is 0.493 e. The fourth-order valence-electron chi connectivity index (χ4n) is 3.03. The molecule has 2 N–H and O–H groups in total. The van der Waals surface area contributed by atoms with Gasteiger partial charge >= 0.3 is 0 Å². The van der Waals surface area contributed by atoms with E-state index < -0.39 is 0 Å². The van der Waals surface area contributed by atoms with Gasteiger partial charge in [0.2, 0.25) is 0 Å². The molecule has 0 bridgehead atoms. The summed E-state index contributed by atoms with van der Waals surface area (Å²) in [6, 6.07) is 12.7. The summed E-state index contributed by atoms with van der Waals surface area (Å²) in [6.07, 6.45) is 2.18. The Balaban J connectivity index is 2.04. The van der Waals surface area contributed by atoms with E-state index in [0.29, 0.717) is 0 Å². The van der Waals surface area contributed by atoms with Crippen molar-refractivity contribution in [3.05, 3.63) is 64.2 Å². The number of nitrogens with two attached hydrogens (primary N) is 1. The van der Waals surface area contributed by atoms with Crippen LogP contribution in [0.1, 0.15) is 40.3 Å². The fraction of sp³-hybridized carbons (Fsp3) is 0.333. The third-order valence-electron chi connectivity index (χ3n) is 3.90. The van der Waals surface area contributed by atoms with Gasteiger partial charge in [0, 0.05) is 5.56 Å². The third-order valence-corrected chi connectivity index (χ3v) is 3.90. The summed E-state index contributed by atoms with van der Waals surface area (Å²) in [4.78, 5) is 0. The van der Waals surface area contributed by atoms with E-state index in [1.807, 2.05) is 0 Å². The summed E-state index contributed by atoms with van der Waals surface area (Å²) in [7, 11) is 0. The first-order valence-electron chi connectivity index (χ1n) is 7.23. The highest BCUT2D eigenvalue weighted by Gasteiger charge is 2.19. The molecule has 0 amide bonds. The van der Waals surface area contributed by atoms with E-state index in [-0.39, 0.29) is 6.04 Å². The first kappa shape index (κ1) is 13.2. The van der Waals surface area contributed by atoms with Crippen molar-refractivity contribution in [2.75, 3.05) is 6.61 Å². The Morgan fingerprint density at radius 2 is 1.85 bits per heavy atom. The molecule has 1 aliphatic heterocycles. The van der Waals surface area contributed by atoms with Crippen molar-refractivity contribution in [3.8, 4) is 5.75 Å². The van der Waals surface area contributed by atoms with Crippen LogP contribution < -0.4 is 10.5 Å². The highest BCUT2D eigenvalue weighted by Crippen LogP contribution is 2.34. The Hall–Kier alpha value is -1.80. The second kappa shape index (κ2) is 5.29. The van der Waals surface area contributed by atoms with Crippen molar-refractivity contribution in [3.63, 3.8) is 0 Å². The molecule has 2 heteroatoms. The topological polar surface area (TPSA) is 35.2 Å². The third kappa shape index (κ3) is 2.44. The number of aryl methyl sites for hydroxylation is 3. The van der Waals surface area contributed by atoms with Crippen LogP contribution in [0.15, 0.2) is 36.4 Å². The molecule has 1 aliphatic rings. The summed E-state index contributed by atoms with van der Waals surface area (Å²) in [5.41, 5.74) is 12.5. The van der Waals surface area contributed by atoms with Gasteiger partial charge < -0.3 is 10.5 Å². The second-order valence-electron chi connectivity index (χ2n) is 5.69. The zero-order chi connectivity index (χ0) is 14.1. The molecular weight excluding hydrogens is 246 g/mol. The lowest BCUT2D eigenvalue weighted by atomic mass is 9.93. The molecule has 0 aromatic heterocycles. The number of ether oxygens (including phenoxy) is 1. The van der Waals surface area contributed by atoms with Gasteiger partial charge in [0.1, 0.15) is 5.75 Å². The molecule has 1 unspecified atom stereocenters. The molecule has 104 valence electrons. The second-order valence-corrected chi connectivity index (χ2v) is 5.69. The Bertz CT molecular complexity index is 613. The lowest BCUT2D eigenvalue weighted by Gasteiger charge is -2.23. The van der Waals surface area contributed by atoms with Crippen molar-refractivity contribution in [1.82, 2.24) is 0 Å². The van der Waals surface area contributed by atoms with Crippen molar-refractivity contribution in [1.29, 1.82) is 0 Å². The van der Waals surface area contributed by atoms with E-state index in [1.54, 1.807) is 0 Å². The molecule has 2 nitrogen and oxygen atoms in total. The summed E-state index contributed by atoms with van der Waals surface area (Å²) in [6.45, 7) is 5.02. The van der Waals surface area contributed by atoms with Gasteiger partial charge in [0.15, 0.2) is 0 Å². The van der Waals surface area contributed by atoms with Gasteiger partial charge in [-0.1, -0.05) is 47.5 Å². The van der Waals surface area contributed by atoms with Crippen molar-refractivity contribution in [2.45, 2.75) is 32.7 Å². The average Bonchev–Trinajstić information content (AvgIpc) is 2.45. The minimum Gasteiger partial charge on any atom is -0.493 e. The molecule has 20 heavy (non-hydrogen) atoms. The van der Waals surface area contributed by atoms with Crippen molar-refractivity contribution in [2.24, 2.45) is 5.73 Å². The number of para-hydroxylation sites is 1. The Labute approximate surface area is 120 Å². The molecule has 0 fully saturated rings. The monoisotopic (exact) mass is 267 g/mol. The van der Waals surface area contributed by atoms with Crippen LogP contribution in [0.25, 0.3) is 0 Å². The Morgan fingerprint density at radius 3 is 2.60 bits per heavy atom. The number of rotatable bonds is 2. The zero-order valence-electron chi connectivity index (χ0n) is 12.1. The summed E-state index contributed by atoms with van der Waals surface area (Å²) < 4.78 is 5.88. The number of benzene rings is 2. The van der Waals surface area contributed by atoms with Crippen LogP contribution in [-0.4, -0.2) is 6.61 Å². The first-order valence-corrected chi connectivity index (χ1v) is 7.23. The van der Waals surface area contributed by atoms with Crippen LogP contribution in [0.2, 0.25) is 0 Å². The van der Waals surface area contributed by atoms with E-state index >= 15 is 0 Å². The van der Waals surface area contributed by atoms with E-state index in [9.17, 15) is 0 Å². The summed E-state index contributed by atoms with van der Waals surface area (Å²) >= 11 is 0. The van der Waals surface area contributed by atoms with E-state index in [4.69, 9.17) is 10.5 Å². The normalized spacial score (nSPS) is 15.3. The quantitative estimate of drug-likeness (QED) is 0.901. The van der Waals surface area contributed by atoms with Gasteiger partial charge in [0.05, 0.1) is 12.6 Å². The molecule has 0 saturated carbocycles. The maximum atomic E-state index is 6.50. The van der Waals surface area contributed by atoms with Crippen molar-refractivity contribution < 1.29 is 4.74 Å². The van der Waals surface area contributed by atoms with Gasteiger partial charge in [-0.2, -0.15) is 0 Å². The highest BCUT2D eigenvalue weighted by molar-refractivity contribution is 5.48. The molecule has 3 rings (SSSR count). The molecule has 0 aliphatic carbocycles. The number of hydrogen-bond acceptors (Lipinski definition) is 2. The van der Waals surface area contributed by atoms with Crippen LogP contribution in [0, 0.1) is 13.8 Å². The lowest BCUT2D eigenvalue weighted by Crippen LogP contribution is -2.17. The van der Waals surface area contributed by atoms with E-state index in [1.165, 1.54) is 16.7 Å². The SMILES string of the molecule is Cc1cc(C)cc(C(N)c2cccc3c2OCCC3)c1. The Kier molecular flexibility index (Phi) is 3.49. The van der Waals surface area contributed by atoms with E-state index in [0.717, 1.165) is 36.3 Å². The van der Waals surface area contributed by atoms with Crippen LogP contribution in [-0.2, 0) is 6.42 Å². The van der Waals surface area contributed by atoms with Gasteiger partial charge in [-0.05, 0) is 37.8 Å². The highest BCUT2D eigenvalue weighted by atomic mass is 16.5. The molecule has 1 heterocycles. The predicted molar refractivity (Wildman–Crippen MR) is 82.2 cm³/mol. The zero-order valence-corrected chi connectivity index (χ0v) is 12.1. The molecule has 0 spiro atoms. The van der Waals surface area contributed by atoms with Gasteiger partial charge in [-0.3, -0.25) is 0 Å². The molecule has 0 saturated heterocycles. The number of hydrogen-bond donors (Lipinski definition) is 1. The standard InChI is InChI=1S/C18H21NO/c1-12-9-13(2)11-15(10-12)17(19)16-7-3-5-14-6-4-8-20-18(14)16/h3,5,7,9-11,17H,4,6,8,19H2,1-2H3. The molecule has 2 aromatic rings. The van der Waals surface area contributed by atoms with Crippen LogP contribution >= 0.6 is 0 Å². The van der Waals surface area contributed by atoms with Crippen LogP contribution in [0.3, 0.4) is 0 Å². The first-order chi connectivity index (χ1) is 9.65. The minimum atomic E-state index is -0.123. The maximum Gasteiger partial charge on any atom is 0.127 e. The predicted octanol–water partition coefficient (Wildman–Crippen LogP) is 3.68. The minimum absolute atomic E-state index is 0.123. The maximum absolute atomic E-state index is 6.50. The van der Waals surface area contributed by atoms with Crippen molar-refractivity contribution >= 4 is 0 Å². The average molecular weight is 267 g/mol. The smallest absolute Gasteiger partial charge is 0.127 e. The van der Waals surface area contributed by atoms with Crippen LogP contribution in [0.5, 0.6) is 5.75 Å². The van der Waals surface area contributed by atoms with Gasteiger partial charge in [-0.25, -0.2) is 0 Å². The van der Waals surface area contributed by atoms with Gasteiger partial charge in [-0.15, -0.1) is 0 Å². The molecular formula is C18H21NO. The summed E-state index contributed by atoms with van der Waals surface area (Å²) in [5, 5.41) is 0. The Morgan fingerprint density at radius 1 is 1.10 bits per heavy atom.